The molecule has 10 heteroatoms. The molecule has 0 spiro atoms. The smallest absolute Gasteiger partial charge is 0.307 e. The maximum Gasteiger partial charge on any atom is 0.307 e. The lowest BCUT2D eigenvalue weighted by Gasteiger charge is -2.14. The number of pyridine rings is 1. The predicted molar refractivity (Wildman–Crippen MR) is 150 cm³/mol. The molecule has 0 radical (unpaired) electrons. The molecule has 0 fully saturated rings. The number of ether oxygens (including phenoxy) is 1. The fourth-order valence-corrected chi connectivity index (χ4v) is 5.97. The van der Waals surface area contributed by atoms with E-state index in [0.29, 0.717) is 39.1 Å². The number of carbonyl (C=O) groups is 1. The summed E-state index contributed by atoms with van der Waals surface area (Å²) in [5, 5.41) is 9.69. The van der Waals surface area contributed by atoms with E-state index >= 15 is 4.39 Å². The van der Waals surface area contributed by atoms with Gasteiger partial charge < -0.3 is 15.6 Å². The van der Waals surface area contributed by atoms with Gasteiger partial charge in [0, 0.05) is 34.8 Å². The average molecular weight is 560 g/mol. The molecular weight excluding hydrogens is 533 g/mol. The number of halogens is 1. The van der Waals surface area contributed by atoms with Crippen LogP contribution >= 0.6 is 0 Å². The van der Waals surface area contributed by atoms with Crippen molar-refractivity contribution in [2.45, 2.75) is 25.3 Å². The largest absolute Gasteiger partial charge is 0.487 e. The highest BCUT2D eigenvalue weighted by Gasteiger charge is 2.22. The van der Waals surface area contributed by atoms with Crippen molar-refractivity contribution < 1.29 is 27.4 Å². The number of rotatable bonds is 10. The van der Waals surface area contributed by atoms with E-state index < -0.39 is 21.8 Å². The molecule has 2 aromatic heterocycles. The Morgan fingerprint density at radius 2 is 1.68 bits per heavy atom. The maximum absolute atomic E-state index is 15.5. The molecular formula is C30H26FN3O5S. The molecule has 40 heavy (non-hydrogen) atoms. The lowest BCUT2D eigenvalue weighted by molar-refractivity contribution is -0.136. The van der Waals surface area contributed by atoms with Gasteiger partial charge in [-0.05, 0) is 29.3 Å². The minimum atomic E-state index is -3.89. The highest BCUT2D eigenvalue weighted by Crippen LogP contribution is 2.34. The summed E-state index contributed by atoms with van der Waals surface area (Å²) in [4.78, 5) is 15.9. The molecule has 3 N–H and O–H groups in total. The van der Waals surface area contributed by atoms with Gasteiger partial charge in [0.25, 0.3) is 0 Å². The normalized spacial score (nSPS) is 11.6. The van der Waals surface area contributed by atoms with E-state index in [2.05, 4.69) is 4.98 Å². The summed E-state index contributed by atoms with van der Waals surface area (Å²) < 4.78 is 49.5. The van der Waals surface area contributed by atoms with Crippen LogP contribution in [0.2, 0.25) is 0 Å². The van der Waals surface area contributed by atoms with Crippen molar-refractivity contribution >= 4 is 27.0 Å². The Hall–Kier alpha value is -4.54. The number of hydrogen-bond acceptors (Lipinski definition) is 6. The number of para-hydroxylation sites is 1. The third-order valence-corrected chi connectivity index (χ3v) is 8.04. The molecule has 5 aromatic rings. The van der Waals surface area contributed by atoms with Crippen molar-refractivity contribution in [1.29, 1.82) is 0 Å². The first-order valence-electron chi connectivity index (χ1n) is 12.5. The molecule has 0 unspecified atom stereocenters. The van der Waals surface area contributed by atoms with Gasteiger partial charge in [0.05, 0.1) is 17.9 Å². The van der Waals surface area contributed by atoms with Crippen LogP contribution in [0.4, 0.5) is 4.39 Å². The first-order valence-corrected chi connectivity index (χ1v) is 14.1. The first-order chi connectivity index (χ1) is 19.3. The molecule has 0 saturated carbocycles. The van der Waals surface area contributed by atoms with Crippen molar-refractivity contribution in [3.63, 3.8) is 0 Å². The molecule has 8 nitrogen and oxygen atoms in total. The minimum absolute atomic E-state index is 0.00328. The summed E-state index contributed by atoms with van der Waals surface area (Å²) >= 11 is 0. The number of nitrogens with zero attached hydrogens (tertiary/aromatic N) is 2. The van der Waals surface area contributed by atoms with Gasteiger partial charge >= 0.3 is 5.97 Å². The Labute approximate surface area is 230 Å². The highest BCUT2D eigenvalue weighted by molar-refractivity contribution is 7.89. The van der Waals surface area contributed by atoms with Gasteiger partial charge in [-0.3, -0.25) is 4.79 Å². The molecule has 3 aromatic carbocycles. The SMILES string of the molecule is NCc1cccc(-c2cc(COc3ccccc3CC(=O)O)nc3c2ccn3S(=O)(=O)Cc2ccccc2)c1F. The standard InChI is InChI=1S/C30H26FN3O5S/c31-29-22(17-32)10-6-11-24(29)26-16-23(18-39-27-12-5-4-9-21(27)15-28(35)36)33-30-25(26)13-14-34(30)40(37,38)19-20-7-2-1-3-8-20/h1-14,16H,15,17-19,32H2,(H,35,36). The van der Waals surface area contributed by atoms with Crippen LogP contribution < -0.4 is 10.5 Å². The third-order valence-electron chi connectivity index (χ3n) is 6.45. The van der Waals surface area contributed by atoms with Crippen molar-refractivity contribution in [1.82, 2.24) is 8.96 Å². The lowest BCUT2D eigenvalue weighted by atomic mass is 9.99. The van der Waals surface area contributed by atoms with Gasteiger partial charge in [0.15, 0.2) is 5.65 Å². The first kappa shape index (κ1) is 27.0. The van der Waals surface area contributed by atoms with Crippen molar-refractivity contribution in [2.75, 3.05) is 0 Å². The van der Waals surface area contributed by atoms with Crippen LogP contribution in [0.5, 0.6) is 5.75 Å². The number of benzene rings is 3. The van der Waals surface area contributed by atoms with Gasteiger partial charge in [-0.1, -0.05) is 66.7 Å². The minimum Gasteiger partial charge on any atom is -0.487 e. The van der Waals surface area contributed by atoms with E-state index in [0.717, 1.165) is 3.97 Å². The second-order valence-corrected chi connectivity index (χ2v) is 11.0. The summed E-state index contributed by atoms with van der Waals surface area (Å²) in [5.74, 6) is -1.41. The van der Waals surface area contributed by atoms with Gasteiger partial charge in [0.2, 0.25) is 10.0 Å². The van der Waals surface area contributed by atoms with Crippen molar-refractivity contribution in [3.8, 4) is 16.9 Å². The summed E-state index contributed by atoms with van der Waals surface area (Å²) in [7, 11) is -3.89. The van der Waals surface area contributed by atoms with E-state index in [1.165, 1.54) is 6.20 Å². The Kier molecular flexibility index (Phi) is 7.63. The van der Waals surface area contributed by atoms with Crippen LogP contribution in [0.25, 0.3) is 22.2 Å². The van der Waals surface area contributed by atoms with Crippen molar-refractivity contribution in [2.24, 2.45) is 5.73 Å². The number of aromatic nitrogens is 2. The zero-order valence-electron chi connectivity index (χ0n) is 21.3. The molecule has 204 valence electrons. The second-order valence-electron chi connectivity index (χ2n) is 9.20. The number of nitrogens with two attached hydrogens (primary N) is 1. The second kappa shape index (κ2) is 11.3. The van der Waals surface area contributed by atoms with Crippen molar-refractivity contribution in [3.05, 3.63) is 119 Å². The number of fused-ring (bicyclic) bond motifs is 1. The van der Waals surface area contributed by atoms with Gasteiger partial charge in [-0.15, -0.1) is 0 Å². The third kappa shape index (κ3) is 5.58. The van der Waals surface area contributed by atoms with Crippen LogP contribution in [0.3, 0.4) is 0 Å². The lowest BCUT2D eigenvalue weighted by Crippen LogP contribution is -2.15. The van der Waals surface area contributed by atoms with E-state index in [-0.39, 0.29) is 36.5 Å². The Morgan fingerprint density at radius 1 is 0.950 bits per heavy atom. The number of hydrogen-bond donors (Lipinski definition) is 2. The monoisotopic (exact) mass is 559 g/mol. The van der Waals surface area contributed by atoms with E-state index in [1.807, 2.05) is 0 Å². The Balaban J connectivity index is 1.62. The van der Waals surface area contributed by atoms with E-state index in [4.69, 9.17) is 10.5 Å². The molecule has 5 rings (SSSR count). The summed E-state index contributed by atoms with van der Waals surface area (Å²) in [5.41, 5.74) is 8.29. The fourth-order valence-electron chi connectivity index (χ4n) is 4.56. The molecule has 0 saturated heterocycles. The average Bonchev–Trinajstić information content (AvgIpc) is 3.38. The van der Waals surface area contributed by atoms with E-state index in [9.17, 15) is 18.3 Å². The van der Waals surface area contributed by atoms with Crippen LogP contribution in [0.15, 0.2) is 91.1 Å². The summed E-state index contributed by atoms with van der Waals surface area (Å²) in [6, 6.07) is 23.7. The maximum atomic E-state index is 15.5. The molecule has 0 bridgehead atoms. The van der Waals surface area contributed by atoms with E-state index in [1.54, 1.807) is 84.9 Å². The predicted octanol–water partition coefficient (Wildman–Crippen LogP) is 4.89. The fraction of sp³-hybridized carbons (Fsp3) is 0.133. The molecule has 2 heterocycles. The number of carboxylic acid groups (broad SMARTS) is 1. The van der Waals surface area contributed by atoms with Gasteiger partial charge in [0.1, 0.15) is 18.2 Å². The Bertz CT molecular complexity index is 1800. The molecule has 0 amide bonds. The Morgan fingerprint density at radius 3 is 2.42 bits per heavy atom. The number of aliphatic carboxylic acids is 1. The quantitative estimate of drug-likeness (QED) is 0.250. The van der Waals surface area contributed by atoms with Gasteiger partial charge in [-0.25, -0.2) is 21.8 Å². The number of carboxylic acids is 1. The summed E-state index contributed by atoms with van der Waals surface area (Å²) in [6.45, 7) is -0.113. The highest BCUT2D eigenvalue weighted by atomic mass is 32.2. The molecule has 0 aliphatic heterocycles. The van der Waals surface area contributed by atoms with Crippen LogP contribution in [0, 0.1) is 5.82 Å². The van der Waals surface area contributed by atoms with Gasteiger partial charge in [-0.2, -0.15) is 0 Å². The summed E-state index contributed by atoms with van der Waals surface area (Å²) in [6.07, 6.45) is 1.18. The molecule has 0 atom stereocenters. The zero-order chi connectivity index (χ0) is 28.3. The molecule has 0 aliphatic rings. The zero-order valence-corrected chi connectivity index (χ0v) is 22.1. The van der Waals surface area contributed by atoms with Crippen LogP contribution in [-0.4, -0.2) is 28.5 Å². The topological polar surface area (TPSA) is 125 Å². The van der Waals surface area contributed by atoms with Crippen LogP contribution in [-0.2, 0) is 40.1 Å². The van der Waals surface area contributed by atoms with Crippen LogP contribution in [0.1, 0.15) is 22.4 Å². The molecule has 0 aliphatic carbocycles.